The molecule has 2 aromatic heterocycles. The van der Waals surface area contributed by atoms with E-state index in [1.165, 1.54) is 0 Å². The van der Waals surface area contributed by atoms with Gasteiger partial charge in [0.1, 0.15) is 4.83 Å². The highest BCUT2D eigenvalue weighted by Crippen LogP contribution is 2.35. The molecule has 1 N–H and O–H groups in total. The lowest BCUT2D eigenvalue weighted by Gasteiger charge is -2.11. The molecule has 0 bridgehead atoms. The summed E-state index contributed by atoms with van der Waals surface area (Å²) in [6.45, 7) is 2.76. The SMILES string of the molecule is CCNc1nc(Oc2ccccc2OC)c2ccsc2n1. The summed E-state index contributed by atoms with van der Waals surface area (Å²) in [4.78, 5) is 9.79. The fraction of sp³-hybridized carbons (Fsp3) is 0.200. The van der Waals surface area contributed by atoms with Gasteiger partial charge in [0, 0.05) is 6.54 Å². The number of anilines is 1. The Morgan fingerprint density at radius 1 is 1.14 bits per heavy atom. The predicted molar refractivity (Wildman–Crippen MR) is 84.6 cm³/mol. The molecule has 6 heteroatoms. The predicted octanol–water partition coefficient (Wildman–Crippen LogP) is 3.92. The van der Waals surface area contributed by atoms with Crippen LogP contribution in [0.5, 0.6) is 17.4 Å². The third kappa shape index (κ3) is 2.75. The molecule has 5 nitrogen and oxygen atoms in total. The van der Waals surface area contributed by atoms with Gasteiger partial charge in [0.25, 0.3) is 0 Å². The monoisotopic (exact) mass is 301 g/mol. The molecular formula is C15H15N3O2S. The number of rotatable bonds is 5. The zero-order valence-electron chi connectivity index (χ0n) is 11.8. The summed E-state index contributed by atoms with van der Waals surface area (Å²) >= 11 is 1.56. The molecule has 1 aromatic carbocycles. The Kier molecular flexibility index (Phi) is 3.87. The average molecular weight is 301 g/mol. The highest BCUT2D eigenvalue weighted by atomic mass is 32.1. The van der Waals surface area contributed by atoms with Crippen LogP contribution in [0.4, 0.5) is 5.95 Å². The maximum absolute atomic E-state index is 5.95. The second-order valence-electron chi connectivity index (χ2n) is 4.28. The summed E-state index contributed by atoms with van der Waals surface area (Å²) in [5.41, 5.74) is 0. The van der Waals surface area contributed by atoms with Crippen LogP contribution < -0.4 is 14.8 Å². The fourth-order valence-electron chi connectivity index (χ4n) is 1.95. The molecule has 0 fully saturated rings. The van der Waals surface area contributed by atoms with E-state index in [4.69, 9.17) is 9.47 Å². The first-order chi connectivity index (χ1) is 10.3. The first-order valence-corrected chi connectivity index (χ1v) is 7.49. The van der Waals surface area contributed by atoms with E-state index in [0.29, 0.717) is 23.3 Å². The van der Waals surface area contributed by atoms with Crippen molar-refractivity contribution in [2.75, 3.05) is 19.0 Å². The molecule has 0 saturated carbocycles. The molecule has 0 atom stereocenters. The molecule has 0 saturated heterocycles. The van der Waals surface area contributed by atoms with Crippen molar-refractivity contribution in [1.82, 2.24) is 9.97 Å². The summed E-state index contributed by atoms with van der Waals surface area (Å²) in [6.07, 6.45) is 0. The maximum atomic E-state index is 5.95. The van der Waals surface area contributed by atoms with Crippen molar-refractivity contribution in [3.63, 3.8) is 0 Å². The third-order valence-corrected chi connectivity index (χ3v) is 3.71. The zero-order chi connectivity index (χ0) is 14.7. The van der Waals surface area contributed by atoms with E-state index < -0.39 is 0 Å². The quantitative estimate of drug-likeness (QED) is 0.774. The highest BCUT2D eigenvalue weighted by molar-refractivity contribution is 7.16. The van der Waals surface area contributed by atoms with Gasteiger partial charge < -0.3 is 14.8 Å². The van der Waals surface area contributed by atoms with Gasteiger partial charge in [0.2, 0.25) is 11.8 Å². The molecule has 0 aliphatic carbocycles. The number of hydrogen-bond acceptors (Lipinski definition) is 6. The van der Waals surface area contributed by atoms with E-state index in [-0.39, 0.29) is 0 Å². The van der Waals surface area contributed by atoms with Crippen molar-refractivity contribution in [1.29, 1.82) is 0 Å². The number of benzene rings is 1. The van der Waals surface area contributed by atoms with Crippen molar-refractivity contribution < 1.29 is 9.47 Å². The molecule has 21 heavy (non-hydrogen) atoms. The van der Waals surface area contributed by atoms with Crippen LogP contribution in [-0.2, 0) is 0 Å². The molecule has 0 amide bonds. The first-order valence-electron chi connectivity index (χ1n) is 6.61. The summed E-state index contributed by atoms with van der Waals surface area (Å²) in [5, 5.41) is 5.99. The fourth-order valence-corrected chi connectivity index (χ4v) is 2.70. The van der Waals surface area contributed by atoms with Crippen LogP contribution in [0.1, 0.15) is 6.92 Å². The Balaban J connectivity index is 2.04. The Labute approximate surface area is 126 Å². The molecule has 0 aliphatic rings. The molecule has 0 aliphatic heterocycles. The van der Waals surface area contributed by atoms with Crippen molar-refractivity contribution >= 4 is 27.5 Å². The molecule has 2 heterocycles. The molecule has 0 unspecified atom stereocenters. The van der Waals surface area contributed by atoms with E-state index >= 15 is 0 Å². The number of methoxy groups -OCH3 is 1. The molecule has 3 aromatic rings. The van der Waals surface area contributed by atoms with Gasteiger partial charge in [-0.25, -0.2) is 4.98 Å². The number of thiophene rings is 1. The second kappa shape index (κ2) is 5.97. The minimum absolute atomic E-state index is 0.529. The molecule has 108 valence electrons. The summed E-state index contributed by atoms with van der Waals surface area (Å²) in [7, 11) is 1.62. The smallest absolute Gasteiger partial charge is 0.233 e. The lowest BCUT2D eigenvalue weighted by atomic mass is 10.3. The lowest BCUT2D eigenvalue weighted by molar-refractivity contribution is 0.376. The zero-order valence-corrected chi connectivity index (χ0v) is 12.6. The van der Waals surface area contributed by atoms with Gasteiger partial charge in [0.05, 0.1) is 12.5 Å². The number of hydrogen-bond donors (Lipinski definition) is 1. The van der Waals surface area contributed by atoms with Gasteiger partial charge in [-0.2, -0.15) is 4.98 Å². The number of fused-ring (bicyclic) bond motifs is 1. The van der Waals surface area contributed by atoms with Crippen LogP contribution in [0.25, 0.3) is 10.2 Å². The number of aromatic nitrogens is 2. The summed E-state index contributed by atoms with van der Waals surface area (Å²) in [5.74, 6) is 2.40. The van der Waals surface area contributed by atoms with Crippen LogP contribution in [0.3, 0.4) is 0 Å². The number of para-hydroxylation sites is 2. The van der Waals surface area contributed by atoms with E-state index in [1.807, 2.05) is 42.6 Å². The Morgan fingerprint density at radius 3 is 2.71 bits per heavy atom. The number of ether oxygens (including phenoxy) is 2. The van der Waals surface area contributed by atoms with Gasteiger partial charge in [-0.3, -0.25) is 0 Å². The topological polar surface area (TPSA) is 56.3 Å². The van der Waals surface area contributed by atoms with E-state index in [2.05, 4.69) is 15.3 Å². The van der Waals surface area contributed by atoms with Crippen LogP contribution >= 0.6 is 11.3 Å². The van der Waals surface area contributed by atoms with Crippen molar-refractivity contribution in [2.45, 2.75) is 6.92 Å². The van der Waals surface area contributed by atoms with Gasteiger partial charge in [-0.1, -0.05) is 12.1 Å². The minimum Gasteiger partial charge on any atom is -0.493 e. The van der Waals surface area contributed by atoms with Gasteiger partial charge >= 0.3 is 0 Å². The Hall–Kier alpha value is -2.34. The van der Waals surface area contributed by atoms with Gasteiger partial charge in [-0.05, 0) is 30.5 Å². The standard InChI is InChI=1S/C15H15N3O2S/c1-3-16-15-17-13(10-8-9-21-14(10)18-15)20-12-7-5-4-6-11(12)19-2/h4-9H,3H2,1-2H3,(H,16,17,18). The normalized spacial score (nSPS) is 10.6. The molecule has 3 rings (SSSR count). The van der Waals surface area contributed by atoms with Gasteiger partial charge in [0.15, 0.2) is 11.5 Å². The van der Waals surface area contributed by atoms with Crippen LogP contribution in [0.15, 0.2) is 35.7 Å². The largest absolute Gasteiger partial charge is 0.493 e. The van der Waals surface area contributed by atoms with E-state index in [9.17, 15) is 0 Å². The van der Waals surface area contributed by atoms with Crippen LogP contribution in [0.2, 0.25) is 0 Å². The summed E-state index contributed by atoms with van der Waals surface area (Å²) < 4.78 is 11.3. The van der Waals surface area contributed by atoms with Crippen molar-refractivity contribution in [2.24, 2.45) is 0 Å². The lowest BCUT2D eigenvalue weighted by Crippen LogP contribution is -2.03. The van der Waals surface area contributed by atoms with E-state index in [1.54, 1.807) is 18.4 Å². The molecule has 0 spiro atoms. The van der Waals surface area contributed by atoms with Crippen molar-refractivity contribution in [3.05, 3.63) is 35.7 Å². The van der Waals surface area contributed by atoms with Gasteiger partial charge in [-0.15, -0.1) is 11.3 Å². The first kappa shape index (κ1) is 13.6. The van der Waals surface area contributed by atoms with E-state index in [0.717, 1.165) is 16.8 Å². The number of nitrogens with zero attached hydrogens (tertiary/aromatic N) is 2. The molecule has 0 radical (unpaired) electrons. The minimum atomic E-state index is 0.529. The number of nitrogens with one attached hydrogen (secondary N) is 1. The summed E-state index contributed by atoms with van der Waals surface area (Å²) in [6, 6.07) is 9.46. The maximum Gasteiger partial charge on any atom is 0.233 e. The van der Waals surface area contributed by atoms with Crippen LogP contribution in [-0.4, -0.2) is 23.6 Å². The van der Waals surface area contributed by atoms with Crippen LogP contribution in [0, 0.1) is 0 Å². The second-order valence-corrected chi connectivity index (χ2v) is 5.17. The Morgan fingerprint density at radius 2 is 1.95 bits per heavy atom. The third-order valence-electron chi connectivity index (χ3n) is 2.90. The Bertz CT molecular complexity index is 758. The highest BCUT2D eigenvalue weighted by Gasteiger charge is 2.12. The van der Waals surface area contributed by atoms with Crippen molar-refractivity contribution in [3.8, 4) is 17.4 Å². The average Bonchev–Trinajstić information content (AvgIpc) is 2.97. The molecular weight excluding hydrogens is 286 g/mol.